The molecular weight excluding hydrogens is 347 g/mol. The molecule has 0 amide bonds. The van der Waals surface area contributed by atoms with Crippen LogP contribution in [0.25, 0.3) is 0 Å². The lowest BCUT2D eigenvalue weighted by atomic mass is 10.0. The maximum absolute atomic E-state index is 12.9. The molecule has 1 aliphatic rings. The summed E-state index contributed by atoms with van der Waals surface area (Å²) >= 11 is 1.56. The molecule has 0 aliphatic carbocycles. The van der Waals surface area contributed by atoms with Gasteiger partial charge in [0.2, 0.25) is 0 Å². The summed E-state index contributed by atoms with van der Waals surface area (Å²) in [6, 6.07) is 17.5. The van der Waals surface area contributed by atoms with Crippen LogP contribution in [-0.4, -0.2) is 47.5 Å². The van der Waals surface area contributed by atoms with Crippen molar-refractivity contribution < 1.29 is 9.50 Å². The SMILES string of the molecule is O[C@H](CNC1CCN(Cc2ccccc2)CC1)CSc1ccc(F)cc1. The van der Waals surface area contributed by atoms with Gasteiger partial charge in [0, 0.05) is 29.8 Å². The van der Waals surface area contributed by atoms with Gasteiger partial charge >= 0.3 is 0 Å². The molecule has 0 bridgehead atoms. The second-order valence-corrected chi connectivity index (χ2v) is 7.96. The van der Waals surface area contributed by atoms with Crippen LogP contribution in [0.2, 0.25) is 0 Å². The number of rotatable bonds is 8. The molecule has 1 heterocycles. The maximum atomic E-state index is 12.9. The molecule has 0 aromatic heterocycles. The Morgan fingerprint density at radius 3 is 2.46 bits per heavy atom. The van der Waals surface area contributed by atoms with Crippen LogP contribution >= 0.6 is 11.8 Å². The van der Waals surface area contributed by atoms with Gasteiger partial charge in [-0.3, -0.25) is 4.90 Å². The van der Waals surface area contributed by atoms with Crippen LogP contribution < -0.4 is 5.32 Å². The highest BCUT2D eigenvalue weighted by Crippen LogP contribution is 2.19. The molecule has 3 rings (SSSR count). The number of piperidine rings is 1. The zero-order valence-corrected chi connectivity index (χ0v) is 15.8. The Labute approximate surface area is 159 Å². The quantitative estimate of drug-likeness (QED) is 0.693. The first-order valence-electron chi connectivity index (χ1n) is 9.25. The number of nitrogens with zero attached hydrogens (tertiary/aromatic N) is 1. The van der Waals surface area contributed by atoms with E-state index >= 15 is 0 Å². The Hall–Kier alpha value is -1.40. The summed E-state index contributed by atoms with van der Waals surface area (Å²) in [7, 11) is 0. The van der Waals surface area contributed by atoms with E-state index in [9.17, 15) is 9.50 Å². The van der Waals surface area contributed by atoms with Gasteiger partial charge in [0.25, 0.3) is 0 Å². The Balaban J connectivity index is 1.31. The van der Waals surface area contributed by atoms with Gasteiger partial charge in [-0.1, -0.05) is 30.3 Å². The average molecular weight is 375 g/mol. The lowest BCUT2D eigenvalue weighted by Crippen LogP contribution is -2.44. The molecule has 0 saturated carbocycles. The predicted molar refractivity (Wildman–Crippen MR) is 106 cm³/mol. The molecule has 1 atom stereocenters. The minimum atomic E-state index is -0.396. The Kier molecular flexibility index (Phi) is 7.50. The molecule has 2 aromatic carbocycles. The molecule has 0 radical (unpaired) electrons. The van der Waals surface area contributed by atoms with Crippen molar-refractivity contribution in [3.05, 3.63) is 66.0 Å². The fraction of sp³-hybridized carbons (Fsp3) is 0.429. The molecule has 5 heteroatoms. The monoisotopic (exact) mass is 374 g/mol. The zero-order chi connectivity index (χ0) is 18.2. The fourth-order valence-corrected chi connectivity index (χ4v) is 4.05. The average Bonchev–Trinajstić information content (AvgIpc) is 2.68. The molecule has 0 spiro atoms. The third-order valence-corrected chi connectivity index (χ3v) is 5.89. The number of aliphatic hydroxyl groups is 1. The molecule has 1 fully saturated rings. The summed E-state index contributed by atoms with van der Waals surface area (Å²) in [6.45, 7) is 3.81. The first kappa shape index (κ1) is 19.4. The minimum absolute atomic E-state index is 0.227. The van der Waals surface area contributed by atoms with Crippen molar-refractivity contribution in [1.29, 1.82) is 0 Å². The number of hydrogen-bond donors (Lipinski definition) is 2. The highest BCUT2D eigenvalue weighted by molar-refractivity contribution is 7.99. The van der Waals surface area contributed by atoms with Crippen molar-refractivity contribution in [2.24, 2.45) is 0 Å². The molecule has 2 N–H and O–H groups in total. The molecule has 1 aliphatic heterocycles. The topological polar surface area (TPSA) is 35.5 Å². The second kappa shape index (κ2) is 10.1. The van der Waals surface area contributed by atoms with Crippen molar-refractivity contribution in [1.82, 2.24) is 10.2 Å². The second-order valence-electron chi connectivity index (χ2n) is 6.86. The zero-order valence-electron chi connectivity index (χ0n) is 15.0. The van der Waals surface area contributed by atoms with E-state index in [1.165, 1.54) is 17.7 Å². The van der Waals surface area contributed by atoms with Gasteiger partial charge < -0.3 is 10.4 Å². The number of nitrogens with one attached hydrogen (secondary N) is 1. The highest BCUT2D eigenvalue weighted by Gasteiger charge is 2.19. The first-order valence-corrected chi connectivity index (χ1v) is 10.2. The van der Waals surface area contributed by atoms with Gasteiger partial charge in [0.15, 0.2) is 0 Å². The predicted octanol–water partition coefficient (Wildman–Crippen LogP) is 3.53. The maximum Gasteiger partial charge on any atom is 0.123 e. The summed E-state index contributed by atoms with van der Waals surface area (Å²) in [5.74, 6) is 0.390. The largest absolute Gasteiger partial charge is 0.391 e. The number of aliphatic hydroxyl groups excluding tert-OH is 1. The van der Waals surface area contributed by atoms with Crippen molar-refractivity contribution >= 4 is 11.8 Å². The van der Waals surface area contributed by atoms with E-state index < -0.39 is 6.10 Å². The summed E-state index contributed by atoms with van der Waals surface area (Å²) in [4.78, 5) is 3.48. The molecule has 2 aromatic rings. The number of hydrogen-bond acceptors (Lipinski definition) is 4. The molecule has 3 nitrogen and oxygen atoms in total. The Morgan fingerprint density at radius 2 is 1.77 bits per heavy atom. The summed E-state index contributed by atoms with van der Waals surface area (Å²) < 4.78 is 12.9. The van der Waals surface area contributed by atoms with E-state index in [1.54, 1.807) is 23.9 Å². The van der Waals surface area contributed by atoms with E-state index in [-0.39, 0.29) is 5.82 Å². The van der Waals surface area contributed by atoms with E-state index in [2.05, 4.69) is 40.5 Å². The minimum Gasteiger partial charge on any atom is -0.391 e. The van der Waals surface area contributed by atoms with Gasteiger partial charge in [-0.15, -0.1) is 11.8 Å². The molecule has 26 heavy (non-hydrogen) atoms. The third kappa shape index (κ3) is 6.40. The normalized spacial score (nSPS) is 17.3. The van der Waals surface area contributed by atoms with Crippen molar-refractivity contribution in [2.45, 2.75) is 36.4 Å². The first-order chi connectivity index (χ1) is 12.7. The van der Waals surface area contributed by atoms with Crippen LogP contribution in [-0.2, 0) is 6.54 Å². The number of thioether (sulfide) groups is 1. The van der Waals surface area contributed by atoms with Crippen LogP contribution in [0.4, 0.5) is 4.39 Å². The van der Waals surface area contributed by atoms with E-state index in [1.807, 2.05) is 0 Å². The van der Waals surface area contributed by atoms with E-state index in [4.69, 9.17) is 0 Å². The number of halogens is 1. The standard InChI is InChI=1S/C21H27FN2OS/c22-18-6-8-21(9-7-18)26-16-20(25)14-23-19-10-12-24(13-11-19)15-17-4-2-1-3-5-17/h1-9,19-20,23,25H,10-16H2/t20-/m1/s1. The van der Waals surface area contributed by atoms with Gasteiger partial charge in [0.1, 0.15) is 5.82 Å². The van der Waals surface area contributed by atoms with Crippen molar-refractivity contribution in [3.63, 3.8) is 0 Å². The van der Waals surface area contributed by atoms with E-state index in [0.717, 1.165) is 37.4 Å². The molecule has 0 unspecified atom stereocenters. The third-order valence-electron chi connectivity index (χ3n) is 4.73. The van der Waals surface area contributed by atoms with Crippen molar-refractivity contribution in [3.8, 4) is 0 Å². The van der Waals surface area contributed by atoms with Crippen molar-refractivity contribution in [2.75, 3.05) is 25.4 Å². The summed E-state index contributed by atoms with van der Waals surface area (Å²) in [5.41, 5.74) is 1.37. The van der Waals surface area contributed by atoms with Crippen LogP contribution in [0, 0.1) is 5.82 Å². The molecule has 1 saturated heterocycles. The van der Waals surface area contributed by atoms with Gasteiger partial charge in [0.05, 0.1) is 6.10 Å². The van der Waals surface area contributed by atoms with Crippen LogP contribution in [0.15, 0.2) is 59.5 Å². The number of likely N-dealkylation sites (tertiary alicyclic amines) is 1. The smallest absolute Gasteiger partial charge is 0.123 e. The molecule has 140 valence electrons. The lowest BCUT2D eigenvalue weighted by Gasteiger charge is -2.33. The van der Waals surface area contributed by atoms with Gasteiger partial charge in [-0.25, -0.2) is 4.39 Å². The van der Waals surface area contributed by atoms with Crippen LogP contribution in [0.5, 0.6) is 0 Å². The summed E-state index contributed by atoms with van der Waals surface area (Å²) in [6.07, 6.45) is 1.84. The van der Waals surface area contributed by atoms with Gasteiger partial charge in [-0.05, 0) is 55.8 Å². The fourth-order valence-electron chi connectivity index (χ4n) is 3.22. The summed E-state index contributed by atoms with van der Waals surface area (Å²) in [5, 5.41) is 13.7. The van der Waals surface area contributed by atoms with E-state index in [0.29, 0.717) is 18.3 Å². The lowest BCUT2D eigenvalue weighted by molar-refractivity contribution is 0.161. The highest BCUT2D eigenvalue weighted by atomic mass is 32.2. The Morgan fingerprint density at radius 1 is 1.08 bits per heavy atom. The molecular formula is C21H27FN2OS. The Bertz CT molecular complexity index is 645. The van der Waals surface area contributed by atoms with Crippen LogP contribution in [0.1, 0.15) is 18.4 Å². The number of benzene rings is 2. The van der Waals surface area contributed by atoms with Crippen LogP contribution in [0.3, 0.4) is 0 Å². The van der Waals surface area contributed by atoms with Gasteiger partial charge in [-0.2, -0.15) is 0 Å².